The lowest BCUT2D eigenvalue weighted by Gasteiger charge is -2.03. The van der Waals surface area contributed by atoms with Crippen molar-refractivity contribution in [2.45, 2.75) is 13.3 Å². The number of nitrogens with zero attached hydrogens (tertiary/aromatic N) is 2. The van der Waals surface area contributed by atoms with Gasteiger partial charge in [0.15, 0.2) is 0 Å². The summed E-state index contributed by atoms with van der Waals surface area (Å²) in [6.07, 6.45) is 4.54. The highest BCUT2D eigenvalue weighted by Crippen LogP contribution is 2.09. The number of anilines is 1. The predicted molar refractivity (Wildman–Crippen MR) is 63.3 cm³/mol. The van der Waals surface area contributed by atoms with Crippen LogP contribution in [0.5, 0.6) is 0 Å². The number of hydrogen-bond acceptors (Lipinski definition) is 4. The lowest BCUT2D eigenvalue weighted by atomic mass is 10.3. The van der Waals surface area contributed by atoms with Crippen LogP contribution in [0.1, 0.15) is 10.7 Å². The minimum atomic E-state index is 0.910. The van der Waals surface area contributed by atoms with Crippen LogP contribution in [0.25, 0.3) is 0 Å². The molecule has 2 rings (SSSR count). The molecule has 0 amide bonds. The highest BCUT2D eigenvalue weighted by Gasteiger charge is 1.97. The lowest BCUT2D eigenvalue weighted by molar-refractivity contribution is 0.968. The minimum absolute atomic E-state index is 0.910. The van der Waals surface area contributed by atoms with E-state index in [1.54, 1.807) is 23.7 Å². The van der Waals surface area contributed by atoms with E-state index in [1.807, 2.05) is 19.1 Å². The van der Waals surface area contributed by atoms with Gasteiger partial charge in [-0.05, 0) is 19.1 Å². The van der Waals surface area contributed by atoms with Crippen molar-refractivity contribution in [3.05, 3.63) is 40.6 Å². The Morgan fingerprint density at radius 1 is 1.33 bits per heavy atom. The van der Waals surface area contributed by atoms with Crippen molar-refractivity contribution in [2.75, 3.05) is 11.9 Å². The molecule has 0 aliphatic heterocycles. The summed E-state index contributed by atoms with van der Waals surface area (Å²) in [5.74, 6) is 0. The van der Waals surface area contributed by atoms with E-state index in [9.17, 15) is 0 Å². The number of aryl methyl sites for hydroxylation is 1. The normalized spacial score (nSPS) is 10.2. The fourth-order valence-electron chi connectivity index (χ4n) is 1.33. The molecule has 2 heterocycles. The molecule has 0 fully saturated rings. The van der Waals surface area contributed by atoms with Gasteiger partial charge in [0.1, 0.15) is 0 Å². The fourth-order valence-corrected chi connectivity index (χ4v) is 1.97. The second kappa shape index (κ2) is 4.89. The van der Waals surface area contributed by atoms with Gasteiger partial charge in [0.05, 0.1) is 10.7 Å². The van der Waals surface area contributed by atoms with Crippen LogP contribution >= 0.6 is 11.3 Å². The zero-order valence-corrected chi connectivity index (χ0v) is 9.42. The van der Waals surface area contributed by atoms with Crippen molar-refractivity contribution in [1.29, 1.82) is 0 Å². The van der Waals surface area contributed by atoms with E-state index in [1.165, 1.54) is 5.69 Å². The third-order valence-corrected chi connectivity index (χ3v) is 2.88. The molecule has 1 N–H and O–H groups in total. The Morgan fingerprint density at radius 2 is 2.13 bits per heavy atom. The first-order valence-corrected chi connectivity index (χ1v) is 5.77. The number of rotatable bonds is 4. The zero-order chi connectivity index (χ0) is 10.5. The Bertz CT molecular complexity index is 411. The van der Waals surface area contributed by atoms with Gasteiger partial charge in [0, 0.05) is 36.4 Å². The molecule has 0 aromatic carbocycles. The highest BCUT2D eigenvalue weighted by atomic mass is 32.1. The van der Waals surface area contributed by atoms with Gasteiger partial charge < -0.3 is 5.32 Å². The Kier molecular flexibility index (Phi) is 3.29. The SMILES string of the molecule is Cc1nc(CCNc2ccncc2)cs1. The first kappa shape index (κ1) is 10.1. The summed E-state index contributed by atoms with van der Waals surface area (Å²) in [4.78, 5) is 8.37. The van der Waals surface area contributed by atoms with Crippen molar-refractivity contribution in [3.63, 3.8) is 0 Å². The van der Waals surface area contributed by atoms with Gasteiger partial charge in [-0.1, -0.05) is 0 Å². The zero-order valence-electron chi connectivity index (χ0n) is 8.60. The molecular formula is C11H13N3S. The van der Waals surface area contributed by atoms with Crippen LogP contribution in [0.2, 0.25) is 0 Å². The molecular weight excluding hydrogens is 206 g/mol. The van der Waals surface area contributed by atoms with Gasteiger partial charge in [-0.25, -0.2) is 4.98 Å². The first-order valence-electron chi connectivity index (χ1n) is 4.89. The summed E-state index contributed by atoms with van der Waals surface area (Å²) in [6.45, 7) is 2.94. The summed E-state index contributed by atoms with van der Waals surface area (Å²) < 4.78 is 0. The van der Waals surface area contributed by atoms with E-state index in [0.717, 1.165) is 23.7 Å². The summed E-state index contributed by atoms with van der Waals surface area (Å²) >= 11 is 1.70. The molecule has 4 heteroatoms. The smallest absolute Gasteiger partial charge is 0.0897 e. The average Bonchev–Trinajstić information content (AvgIpc) is 2.66. The molecule has 0 spiro atoms. The summed E-state index contributed by atoms with van der Waals surface area (Å²) in [5.41, 5.74) is 2.27. The van der Waals surface area contributed by atoms with Crippen LogP contribution < -0.4 is 5.32 Å². The molecule has 78 valence electrons. The maximum Gasteiger partial charge on any atom is 0.0897 e. The molecule has 2 aromatic heterocycles. The van der Waals surface area contributed by atoms with E-state index in [-0.39, 0.29) is 0 Å². The first-order chi connectivity index (χ1) is 7.34. The summed E-state index contributed by atoms with van der Waals surface area (Å²) in [6, 6.07) is 3.93. The number of aromatic nitrogens is 2. The van der Waals surface area contributed by atoms with Crippen LogP contribution in [0, 0.1) is 6.92 Å². The van der Waals surface area contributed by atoms with Crippen LogP contribution in [-0.4, -0.2) is 16.5 Å². The molecule has 0 saturated heterocycles. The molecule has 0 unspecified atom stereocenters. The molecule has 3 nitrogen and oxygen atoms in total. The van der Waals surface area contributed by atoms with E-state index in [2.05, 4.69) is 20.7 Å². The number of hydrogen-bond donors (Lipinski definition) is 1. The number of nitrogens with one attached hydrogen (secondary N) is 1. The monoisotopic (exact) mass is 219 g/mol. The van der Waals surface area contributed by atoms with E-state index < -0.39 is 0 Å². The molecule has 0 aliphatic rings. The minimum Gasteiger partial charge on any atom is -0.385 e. The Balaban J connectivity index is 1.80. The second-order valence-electron chi connectivity index (χ2n) is 3.27. The topological polar surface area (TPSA) is 37.8 Å². The predicted octanol–water partition coefficient (Wildman–Crippen LogP) is 2.50. The van der Waals surface area contributed by atoms with E-state index >= 15 is 0 Å². The molecule has 15 heavy (non-hydrogen) atoms. The van der Waals surface area contributed by atoms with Crippen molar-refractivity contribution in [2.24, 2.45) is 0 Å². The second-order valence-corrected chi connectivity index (χ2v) is 4.33. The highest BCUT2D eigenvalue weighted by molar-refractivity contribution is 7.09. The van der Waals surface area contributed by atoms with Crippen LogP contribution in [0.15, 0.2) is 29.9 Å². The van der Waals surface area contributed by atoms with E-state index in [0.29, 0.717) is 0 Å². The van der Waals surface area contributed by atoms with Crippen molar-refractivity contribution in [1.82, 2.24) is 9.97 Å². The maximum absolute atomic E-state index is 4.41. The third-order valence-electron chi connectivity index (χ3n) is 2.06. The van der Waals surface area contributed by atoms with Gasteiger partial charge in [-0.15, -0.1) is 11.3 Å². The molecule has 0 atom stereocenters. The van der Waals surface area contributed by atoms with Crippen molar-refractivity contribution >= 4 is 17.0 Å². The lowest BCUT2D eigenvalue weighted by Crippen LogP contribution is -2.04. The third kappa shape index (κ3) is 3.02. The van der Waals surface area contributed by atoms with Gasteiger partial charge in [0.25, 0.3) is 0 Å². The summed E-state index contributed by atoms with van der Waals surface area (Å²) in [5, 5.41) is 6.57. The standard InChI is InChI=1S/C11H13N3S/c1-9-14-11(8-15-9)4-7-13-10-2-5-12-6-3-10/h2-3,5-6,8H,4,7H2,1H3,(H,12,13). The molecule has 2 aromatic rings. The van der Waals surface area contributed by atoms with Gasteiger partial charge in [-0.2, -0.15) is 0 Å². The fraction of sp³-hybridized carbons (Fsp3) is 0.273. The molecule has 0 aliphatic carbocycles. The van der Waals surface area contributed by atoms with Gasteiger partial charge in [0.2, 0.25) is 0 Å². The molecule has 0 bridgehead atoms. The largest absolute Gasteiger partial charge is 0.385 e. The van der Waals surface area contributed by atoms with Crippen molar-refractivity contribution < 1.29 is 0 Å². The quantitative estimate of drug-likeness (QED) is 0.858. The van der Waals surface area contributed by atoms with Crippen LogP contribution in [0.4, 0.5) is 5.69 Å². The van der Waals surface area contributed by atoms with Crippen molar-refractivity contribution in [3.8, 4) is 0 Å². The Morgan fingerprint density at radius 3 is 2.80 bits per heavy atom. The summed E-state index contributed by atoms with van der Waals surface area (Å²) in [7, 11) is 0. The van der Waals surface area contributed by atoms with Gasteiger partial charge >= 0.3 is 0 Å². The van der Waals surface area contributed by atoms with Crippen LogP contribution in [0.3, 0.4) is 0 Å². The Labute approximate surface area is 93.2 Å². The van der Waals surface area contributed by atoms with Gasteiger partial charge in [-0.3, -0.25) is 4.98 Å². The number of pyridine rings is 1. The van der Waals surface area contributed by atoms with Crippen LogP contribution in [-0.2, 0) is 6.42 Å². The Hall–Kier alpha value is -1.42. The van der Waals surface area contributed by atoms with E-state index in [4.69, 9.17) is 0 Å². The maximum atomic E-state index is 4.41. The number of thiazole rings is 1. The molecule has 0 saturated carbocycles. The molecule has 0 radical (unpaired) electrons. The average molecular weight is 219 g/mol.